The van der Waals surface area contributed by atoms with Crippen LogP contribution in [0, 0.1) is 13.8 Å². The number of aryl methyl sites for hydroxylation is 2. The molecular weight excluding hydrogens is 312 g/mol. The highest BCUT2D eigenvalue weighted by atomic mass is 32.2. The van der Waals surface area contributed by atoms with Gasteiger partial charge in [0.15, 0.2) is 5.82 Å². The van der Waals surface area contributed by atoms with Gasteiger partial charge in [0.25, 0.3) is 0 Å². The van der Waals surface area contributed by atoms with Crippen molar-refractivity contribution < 1.29 is 0 Å². The van der Waals surface area contributed by atoms with Crippen molar-refractivity contribution in [3.63, 3.8) is 0 Å². The average molecular weight is 328 g/mol. The fourth-order valence-electron chi connectivity index (χ4n) is 2.33. The van der Waals surface area contributed by atoms with Gasteiger partial charge in [0, 0.05) is 0 Å². The molecule has 0 atom stereocenters. The van der Waals surface area contributed by atoms with Crippen LogP contribution in [0.2, 0.25) is 0 Å². The van der Waals surface area contributed by atoms with Crippen molar-refractivity contribution in [1.29, 1.82) is 0 Å². The van der Waals surface area contributed by atoms with Crippen molar-refractivity contribution in [2.45, 2.75) is 43.6 Å². The quantitative estimate of drug-likeness (QED) is 0.661. The lowest BCUT2D eigenvalue weighted by atomic mass is 10.1. The Balaban J connectivity index is 1.55. The minimum atomic E-state index is 0.469. The summed E-state index contributed by atoms with van der Waals surface area (Å²) in [4.78, 5) is 0. The third-order valence-electron chi connectivity index (χ3n) is 3.96. The van der Waals surface area contributed by atoms with E-state index < -0.39 is 0 Å². The van der Waals surface area contributed by atoms with Crippen molar-refractivity contribution in [1.82, 2.24) is 40.4 Å². The van der Waals surface area contributed by atoms with E-state index in [9.17, 15) is 0 Å². The van der Waals surface area contributed by atoms with Gasteiger partial charge < -0.3 is 0 Å². The monoisotopic (exact) mass is 328 g/mol. The Kier molecular flexibility index (Phi) is 3.56. The molecule has 0 unspecified atom stereocenters. The first kappa shape index (κ1) is 14.3. The molecule has 0 bridgehead atoms. The van der Waals surface area contributed by atoms with Gasteiger partial charge in [-0.25, -0.2) is 4.68 Å². The highest BCUT2D eigenvalue weighted by Crippen LogP contribution is 2.35. The molecule has 2 heterocycles. The predicted octanol–water partition coefficient (Wildman–Crippen LogP) is 1.89. The molecule has 2 aromatic heterocycles. The Bertz CT molecular complexity index is 835. The van der Waals surface area contributed by atoms with Crippen LogP contribution in [0.1, 0.15) is 35.8 Å². The molecule has 1 aromatic carbocycles. The van der Waals surface area contributed by atoms with Crippen LogP contribution in [-0.4, -0.2) is 40.4 Å². The van der Waals surface area contributed by atoms with E-state index in [-0.39, 0.29) is 0 Å². The SMILES string of the molecule is Cc1ccc(-n2nnnc2SCc2nnnn2C2CC2)cc1C. The van der Waals surface area contributed by atoms with Gasteiger partial charge in [-0.1, -0.05) is 17.8 Å². The predicted molar refractivity (Wildman–Crippen MR) is 84.3 cm³/mol. The number of nitrogens with zero attached hydrogens (tertiary/aromatic N) is 8. The Hall–Kier alpha value is -2.29. The summed E-state index contributed by atoms with van der Waals surface area (Å²) in [5, 5.41) is 24.7. The average Bonchev–Trinajstić information content (AvgIpc) is 3.10. The van der Waals surface area contributed by atoms with Crippen molar-refractivity contribution in [2.75, 3.05) is 0 Å². The zero-order valence-electron chi connectivity index (χ0n) is 12.9. The minimum absolute atomic E-state index is 0.469. The first-order chi connectivity index (χ1) is 11.2. The molecular formula is C14H16N8S. The van der Waals surface area contributed by atoms with Crippen molar-refractivity contribution >= 4 is 11.8 Å². The fraction of sp³-hybridized carbons (Fsp3) is 0.429. The molecule has 23 heavy (non-hydrogen) atoms. The summed E-state index contributed by atoms with van der Waals surface area (Å²) in [6, 6.07) is 6.66. The number of aromatic nitrogens is 8. The topological polar surface area (TPSA) is 87.2 Å². The molecule has 1 fully saturated rings. The molecule has 0 radical (unpaired) electrons. The Morgan fingerprint density at radius 1 is 1.09 bits per heavy atom. The van der Waals surface area contributed by atoms with E-state index in [2.05, 4.69) is 57.0 Å². The smallest absolute Gasteiger partial charge is 0.214 e. The second kappa shape index (κ2) is 5.73. The van der Waals surface area contributed by atoms with Gasteiger partial charge >= 0.3 is 0 Å². The van der Waals surface area contributed by atoms with Crippen LogP contribution < -0.4 is 0 Å². The number of rotatable bonds is 5. The maximum absolute atomic E-state index is 4.12. The zero-order valence-corrected chi connectivity index (χ0v) is 13.7. The lowest BCUT2D eigenvalue weighted by molar-refractivity contribution is 0.593. The van der Waals surface area contributed by atoms with Crippen LogP contribution in [0.3, 0.4) is 0 Å². The van der Waals surface area contributed by atoms with Crippen LogP contribution in [0.5, 0.6) is 0 Å². The molecule has 9 heteroatoms. The molecule has 118 valence electrons. The summed E-state index contributed by atoms with van der Waals surface area (Å²) in [7, 11) is 0. The van der Waals surface area contributed by atoms with E-state index >= 15 is 0 Å². The Morgan fingerprint density at radius 3 is 2.70 bits per heavy atom. The van der Waals surface area contributed by atoms with Gasteiger partial charge in [-0.15, -0.1) is 10.2 Å². The third-order valence-corrected chi connectivity index (χ3v) is 4.88. The van der Waals surface area contributed by atoms with E-state index in [1.54, 1.807) is 4.68 Å². The van der Waals surface area contributed by atoms with Crippen LogP contribution in [0.4, 0.5) is 0 Å². The van der Waals surface area contributed by atoms with Gasteiger partial charge in [0.1, 0.15) is 0 Å². The van der Waals surface area contributed by atoms with E-state index in [1.165, 1.54) is 22.9 Å². The summed E-state index contributed by atoms with van der Waals surface area (Å²) in [5.74, 6) is 1.52. The van der Waals surface area contributed by atoms with Gasteiger partial charge in [-0.3, -0.25) is 0 Å². The molecule has 1 aliphatic rings. The van der Waals surface area contributed by atoms with E-state index in [0.29, 0.717) is 11.8 Å². The maximum Gasteiger partial charge on any atom is 0.214 e. The number of hydrogen-bond donors (Lipinski definition) is 0. The van der Waals surface area contributed by atoms with Crippen molar-refractivity contribution in [3.8, 4) is 5.69 Å². The van der Waals surface area contributed by atoms with Crippen LogP contribution in [0.25, 0.3) is 5.69 Å². The van der Waals surface area contributed by atoms with E-state index in [1.807, 2.05) is 10.7 Å². The summed E-state index contributed by atoms with van der Waals surface area (Å²) >= 11 is 1.54. The molecule has 0 spiro atoms. The lowest BCUT2D eigenvalue weighted by Gasteiger charge is -2.07. The molecule has 3 aromatic rings. The number of benzene rings is 1. The van der Waals surface area contributed by atoms with Crippen molar-refractivity contribution in [3.05, 3.63) is 35.2 Å². The summed E-state index contributed by atoms with van der Waals surface area (Å²) in [6.07, 6.45) is 2.31. The molecule has 1 aliphatic carbocycles. The van der Waals surface area contributed by atoms with E-state index in [0.717, 1.165) is 29.5 Å². The normalized spacial score (nSPS) is 14.3. The summed E-state index contributed by atoms with van der Waals surface area (Å²) in [5.41, 5.74) is 3.42. The molecule has 4 rings (SSSR count). The Morgan fingerprint density at radius 2 is 1.91 bits per heavy atom. The minimum Gasteiger partial charge on any atom is -0.226 e. The van der Waals surface area contributed by atoms with Crippen molar-refractivity contribution in [2.24, 2.45) is 0 Å². The molecule has 8 nitrogen and oxygen atoms in total. The lowest BCUT2D eigenvalue weighted by Crippen LogP contribution is -2.04. The summed E-state index contributed by atoms with van der Waals surface area (Å²) < 4.78 is 3.67. The first-order valence-corrected chi connectivity index (χ1v) is 8.46. The highest BCUT2D eigenvalue weighted by Gasteiger charge is 2.27. The molecule has 0 N–H and O–H groups in total. The molecule has 0 amide bonds. The second-order valence-electron chi connectivity index (χ2n) is 5.70. The zero-order chi connectivity index (χ0) is 15.8. The van der Waals surface area contributed by atoms with Gasteiger partial charge in [0.05, 0.1) is 17.5 Å². The summed E-state index contributed by atoms with van der Waals surface area (Å²) in [6.45, 7) is 4.17. The second-order valence-corrected chi connectivity index (χ2v) is 6.64. The van der Waals surface area contributed by atoms with Gasteiger partial charge in [-0.05, 0) is 70.8 Å². The maximum atomic E-state index is 4.12. The fourth-order valence-corrected chi connectivity index (χ4v) is 3.13. The number of tetrazole rings is 2. The molecule has 0 saturated heterocycles. The van der Waals surface area contributed by atoms with E-state index in [4.69, 9.17) is 0 Å². The highest BCUT2D eigenvalue weighted by molar-refractivity contribution is 7.98. The van der Waals surface area contributed by atoms with Gasteiger partial charge in [0.2, 0.25) is 5.16 Å². The molecule has 0 aliphatic heterocycles. The first-order valence-electron chi connectivity index (χ1n) is 7.48. The Labute approximate surface area is 137 Å². The van der Waals surface area contributed by atoms with Crippen LogP contribution >= 0.6 is 11.8 Å². The largest absolute Gasteiger partial charge is 0.226 e. The van der Waals surface area contributed by atoms with Gasteiger partial charge in [-0.2, -0.15) is 4.68 Å². The third kappa shape index (κ3) is 2.83. The molecule has 1 saturated carbocycles. The standard InChI is InChI=1S/C14H16N8S/c1-9-3-4-12(7-10(9)2)22-14(16-18-20-22)23-8-13-15-17-19-21(13)11-5-6-11/h3-4,7,11H,5-6,8H2,1-2H3. The number of hydrogen-bond acceptors (Lipinski definition) is 7. The van der Waals surface area contributed by atoms with Crippen LogP contribution in [-0.2, 0) is 5.75 Å². The van der Waals surface area contributed by atoms with Crippen LogP contribution in [0.15, 0.2) is 23.4 Å². The number of thioether (sulfide) groups is 1.